The van der Waals surface area contributed by atoms with Crippen molar-refractivity contribution in [3.63, 3.8) is 0 Å². The number of benzene rings is 3. The monoisotopic (exact) mass is 526 g/mol. The lowest BCUT2D eigenvalue weighted by Gasteiger charge is -2.27. The van der Waals surface area contributed by atoms with Gasteiger partial charge in [-0.15, -0.1) is 0 Å². The maximum atomic E-state index is 13.6. The van der Waals surface area contributed by atoms with Crippen LogP contribution in [0.25, 0.3) is 16.9 Å². The molecule has 202 valence electrons. The fourth-order valence-corrected chi connectivity index (χ4v) is 4.58. The maximum Gasteiger partial charge on any atom is 0.245 e. The zero-order valence-electron chi connectivity index (χ0n) is 22.5. The molecule has 3 aromatic carbocycles. The summed E-state index contributed by atoms with van der Waals surface area (Å²) in [4.78, 5) is 28.6. The third-order valence-corrected chi connectivity index (χ3v) is 6.73. The van der Waals surface area contributed by atoms with Crippen molar-refractivity contribution >= 4 is 17.6 Å². The van der Waals surface area contributed by atoms with Gasteiger partial charge in [0, 0.05) is 24.1 Å². The van der Waals surface area contributed by atoms with Crippen molar-refractivity contribution in [1.29, 1.82) is 0 Å². The Hall–Kier alpha value is -4.26. The molecule has 7 heteroatoms. The molecule has 4 rings (SSSR count). The molecule has 2 amide bonds. The van der Waals surface area contributed by atoms with Gasteiger partial charge in [-0.2, -0.15) is 5.10 Å². The Morgan fingerprint density at radius 2 is 1.62 bits per heavy atom. The lowest BCUT2D eigenvalue weighted by Crippen LogP contribution is -2.41. The van der Waals surface area contributed by atoms with E-state index in [1.165, 1.54) is 12.1 Å². The quantitative estimate of drug-likeness (QED) is 0.219. The van der Waals surface area contributed by atoms with Crippen molar-refractivity contribution in [3.05, 3.63) is 102 Å². The van der Waals surface area contributed by atoms with Gasteiger partial charge in [0.25, 0.3) is 0 Å². The number of hydrogen-bond donors (Lipinski definition) is 1. The van der Waals surface area contributed by atoms with E-state index in [4.69, 9.17) is 0 Å². The highest BCUT2D eigenvalue weighted by Crippen LogP contribution is 2.25. The molecule has 1 atom stereocenters. The van der Waals surface area contributed by atoms with E-state index >= 15 is 0 Å². The highest BCUT2D eigenvalue weighted by atomic mass is 19.1. The molecular formula is C32H35FN4O2. The number of carbonyl (C=O) groups is 2. The molecule has 0 aliphatic carbocycles. The van der Waals surface area contributed by atoms with Gasteiger partial charge in [-0.1, -0.05) is 87.4 Å². The molecule has 0 spiro atoms. The number of halogens is 1. The molecule has 0 aliphatic heterocycles. The molecule has 0 saturated heterocycles. The Morgan fingerprint density at radius 1 is 0.949 bits per heavy atom. The van der Waals surface area contributed by atoms with Crippen LogP contribution in [0.2, 0.25) is 0 Å². The molecule has 1 N–H and O–H groups in total. The van der Waals surface area contributed by atoms with Crippen LogP contribution in [0.1, 0.15) is 45.1 Å². The first-order valence-corrected chi connectivity index (χ1v) is 13.5. The van der Waals surface area contributed by atoms with Gasteiger partial charge in [-0.25, -0.2) is 9.07 Å². The Bertz CT molecular complexity index is 1350. The second kappa shape index (κ2) is 13.5. The van der Waals surface area contributed by atoms with Gasteiger partial charge in [-0.05, 0) is 42.7 Å². The molecule has 1 unspecified atom stereocenters. The molecule has 1 heterocycles. The molecule has 0 fully saturated rings. The van der Waals surface area contributed by atoms with Crippen LogP contribution in [0.15, 0.2) is 91.0 Å². The lowest BCUT2D eigenvalue weighted by molar-refractivity contribution is -0.139. The smallest absolute Gasteiger partial charge is 0.245 e. The Kier molecular flexibility index (Phi) is 9.62. The summed E-state index contributed by atoms with van der Waals surface area (Å²) < 4.78 is 15.2. The van der Waals surface area contributed by atoms with E-state index < -0.39 is 0 Å². The van der Waals surface area contributed by atoms with Crippen LogP contribution in [-0.4, -0.2) is 33.0 Å². The third-order valence-electron chi connectivity index (χ3n) is 6.73. The summed E-state index contributed by atoms with van der Waals surface area (Å²) in [5, 5.41) is 7.65. The minimum Gasteiger partial charge on any atom is -0.329 e. The van der Waals surface area contributed by atoms with Crippen molar-refractivity contribution in [2.75, 3.05) is 11.9 Å². The Morgan fingerprint density at radius 3 is 2.26 bits per heavy atom. The number of nitrogens with one attached hydrogen (secondary N) is 1. The second-order valence-corrected chi connectivity index (χ2v) is 9.64. The SMILES string of the molecule is CCCCC(CC)C(=O)N(CC(=O)Nc1cc(-c2ccccc2)nn1-c1ccc(F)cc1)Cc1ccccc1. The molecule has 6 nitrogen and oxygen atoms in total. The largest absolute Gasteiger partial charge is 0.329 e. The number of anilines is 1. The summed E-state index contributed by atoms with van der Waals surface area (Å²) in [6.07, 6.45) is 3.51. The number of rotatable bonds is 12. The predicted octanol–water partition coefficient (Wildman–Crippen LogP) is 6.86. The minimum absolute atomic E-state index is 0.0121. The topological polar surface area (TPSA) is 67.2 Å². The molecule has 39 heavy (non-hydrogen) atoms. The fourth-order valence-electron chi connectivity index (χ4n) is 4.58. The van der Waals surface area contributed by atoms with Gasteiger partial charge < -0.3 is 10.2 Å². The molecular weight excluding hydrogens is 491 g/mol. The van der Waals surface area contributed by atoms with Crippen molar-refractivity contribution in [2.45, 2.75) is 46.1 Å². The number of nitrogens with zero attached hydrogens (tertiary/aromatic N) is 3. The van der Waals surface area contributed by atoms with Crippen LogP contribution < -0.4 is 5.32 Å². The van der Waals surface area contributed by atoms with E-state index in [9.17, 15) is 14.0 Å². The summed E-state index contributed by atoms with van der Waals surface area (Å²) in [7, 11) is 0. The van der Waals surface area contributed by atoms with Gasteiger partial charge in [0.2, 0.25) is 11.8 Å². The molecule has 4 aromatic rings. The number of unbranched alkanes of at least 4 members (excludes halogenated alkanes) is 1. The van der Waals surface area contributed by atoms with Gasteiger partial charge in [0.15, 0.2) is 0 Å². The molecule has 0 radical (unpaired) electrons. The highest BCUT2D eigenvalue weighted by Gasteiger charge is 2.25. The molecule has 0 saturated carbocycles. The number of hydrogen-bond acceptors (Lipinski definition) is 3. The average Bonchev–Trinajstić information content (AvgIpc) is 3.38. The number of carbonyl (C=O) groups excluding carboxylic acids is 2. The molecule has 0 bridgehead atoms. The summed E-state index contributed by atoms with van der Waals surface area (Å²) >= 11 is 0. The summed E-state index contributed by atoms with van der Waals surface area (Å²) in [5.74, 6) is -0.385. The van der Waals surface area contributed by atoms with Gasteiger partial charge in [0.05, 0.1) is 11.4 Å². The van der Waals surface area contributed by atoms with Crippen LogP contribution in [0.4, 0.5) is 10.2 Å². The highest BCUT2D eigenvalue weighted by molar-refractivity contribution is 5.95. The van der Waals surface area contributed by atoms with Crippen molar-refractivity contribution in [2.24, 2.45) is 5.92 Å². The first-order chi connectivity index (χ1) is 19.0. The Balaban J connectivity index is 1.60. The second-order valence-electron chi connectivity index (χ2n) is 9.64. The number of amides is 2. The van der Waals surface area contributed by atoms with Crippen LogP contribution >= 0.6 is 0 Å². The zero-order valence-corrected chi connectivity index (χ0v) is 22.5. The summed E-state index contributed by atoms with van der Waals surface area (Å²) in [6.45, 7) is 4.39. The first-order valence-electron chi connectivity index (χ1n) is 13.5. The van der Waals surface area contributed by atoms with E-state index in [0.717, 1.165) is 36.8 Å². The number of aromatic nitrogens is 2. The standard InChI is InChI=1S/C32H35FN4O2/c1-3-5-14-25(4-2)32(39)36(22-24-12-8-6-9-13-24)23-31(38)34-30-21-29(26-15-10-7-11-16-26)35-37(30)28-19-17-27(33)18-20-28/h6-13,15-21,25H,3-5,14,22-23H2,1-2H3,(H,34,38). The predicted molar refractivity (Wildman–Crippen MR) is 153 cm³/mol. The fraction of sp³-hybridized carbons (Fsp3) is 0.281. The van der Waals surface area contributed by atoms with Crippen LogP contribution in [0, 0.1) is 11.7 Å². The van der Waals surface area contributed by atoms with Gasteiger partial charge in [-0.3, -0.25) is 9.59 Å². The van der Waals surface area contributed by atoms with Crippen molar-refractivity contribution in [1.82, 2.24) is 14.7 Å². The average molecular weight is 527 g/mol. The van der Waals surface area contributed by atoms with Crippen molar-refractivity contribution in [3.8, 4) is 16.9 Å². The minimum atomic E-state index is -0.358. The van der Waals surface area contributed by atoms with Gasteiger partial charge in [0.1, 0.15) is 18.2 Å². The maximum absolute atomic E-state index is 13.6. The molecule has 0 aliphatic rings. The lowest BCUT2D eigenvalue weighted by atomic mass is 9.97. The van der Waals surface area contributed by atoms with E-state index in [-0.39, 0.29) is 30.1 Å². The summed E-state index contributed by atoms with van der Waals surface area (Å²) in [5.41, 5.74) is 3.12. The van der Waals surface area contributed by atoms with E-state index in [1.54, 1.807) is 27.8 Å². The van der Waals surface area contributed by atoms with Gasteiger partial charge >= 0.3 is 0 Å². The first kappa shape index (κ1) is 27.8. The van der Waals surface area contributed by atoms with Crippen LogP contribution in [0.3, 0.4) is 0 Å². The Labute approximate surface area is 229 Å². The van der Waals surface area contributed by atoms with E-state index in [2.05, 4.69) is 17.3 Å². The summed E-state index contributed by atoms with van der Waals surface area (Å²) in [6, 6.07) is 27.0. The van der Waals surface area contributed by atoms with Crippen LogP contribution in [-0.2, 0) is 16.1 Å². The van der Waals surface area contributed by atoms with Crippen molar-refractivity contribution < 1.29 is 14.0 Å². The molecule has 1 aromatic heterocycles. The zero-order chi connectivity index (χ0) is 27.6. The van der Waals surface area contributed by atoms with E-state index in [0.29, 0.717) is 23.7 Å². The van der Waals surface area contributed by atoms with Crippen LogP contribution in [0.5, 0.6) is 0 Å². The van der Waals surface area contributed by atoms with E-state index in [1.807, 2.05) is 67.6 Å². The normalized spacial score (nSPS) is 11.7. The third kappa shape index (κ3) is 7.41.